The highest BCUT2D eigenvalue weighted by molar-refractivity contribution is 6.07. The second-order valence-electron chi connectivity index (χ2n) is 7.16. The molecule has 0 saturated carbocycles. The molecule has 0 unspecified atom stereocenters. The monoisotopic (exact) mass is 418 g/mol. The number of hydrogen-bond acceptors (Lipinski definition) is 6. The summed E-state index contributed by atoms with van der Waals surface area (Å²) in [6.07, 6.45) is 2.58. The van der Waals surface area contributed by atoms with Crippen molar-refractivity contribution in [2.75, 3.05) is 5.32 Å². The van der Waals surface area contributed by atoms with E-state index in [9.17, 15) is 4.79 Å². The third-order valence-corrected chi connectivity index (χ3v) is 4.75. The van der Waals surface area contributed by atoms with Crippen LogP contribution in [-0.4, -0.2) is 23.3 Å². The largest absolute Gasteiger partial charge is 0.385 e. The number of carbonyl (C=O) groups excluding carboxylic acids is 1. The van der Waals surface area contributed by atoms with Crippen LogP contribution in [0.4, 0.5) is 5.69 Å². The summed E-state index contributed by atoms with van der Waals surface area (Å²) in [6, 6.07) is 12.9. The Kier molecular flexibility index (Phi) is 6.66. The number of aryl methyl sites for hydroxylation is 1. The molecule has 2 aromatic rings. The Morgan fingerprint density at radius 3 is 2.42 bits per heavy atom. The summed E-state index contributed by atoms with van der Waals surface area (Å²) in [6.45, 7) is 5.38. The maximum Gasteiger partial charge on any atom is 0.255 e. The van der Waals surface area contributed by atoms with E-state index in [2.05, 4.69) is 32.6 Å². The zero-order valence-corrected chi connectivity index (χ0v) is 17.4. The molecule has 3 rings (SSSR count). The first kappa shape index (κ1) is 21.6. The van der Waals surface area contributed by atoms with Gasteiger partial charge in [-0.2, -0.15) is 10.2 Å². The molecule has 9 nitrogen and oxygen atoms in total. The lowest BCUT2D eigenvalue weighted by atomic mass is 9.88. The van der Waals surface area contributed by atoms with Gasteiger partial charge in [-0.25, -0.2) is 0 Å². The van der Waals surface area contributed by atoms with Crippen molar-refractivity contribution >= 4 is 29.0 Å². The zero-order valence-electron chi connectivity index (χ0n) is 17.4. The van der Waals surface area contributed by atoms with Gasteiger partial charge in [0, 0.05) is 16.8 Å². The topological polar surface area (TPSA) is 156 Å². The number of carbonyl (C=O) groups is 1. The molecule has 0 fully saturated rings. The Balaban J connectivity index is 1.73. The predicted octanol–water partition coefficient (Wildman–Crippen LogP) is 2.00. The summed E-state index contributed by atoms with van der Waals surface area (Å²) in [5, 5.41) is 14.9. The Labute approximate surface area is 180 Å². The van der Waals surface area contributed by atoms with Gasteiger partial charge in [0.1, 0.15) is 5.82 Å². The number of rotatable bonds is 6. The maximum atomic E-state index is 12.7. The second kappa shape index (κ2) is 9.57. The summed E-state index contributed by atoms with van der Waals surface area (Å²) < 4.78 is 0. The Hall–Kier alpha value is -4.14. The van der Waals surface area contributed by atoms with E-state index < -0.39 is 0 Å². The van der Waals surface area contributed by atoms with E-state index in [1.165, 1.54) is 0 Å². The van der Waals surface area contributed by atoms with Crippen molar-refractivity contribution in [2.45, 2.75) is 26.2 Å². The molecular weight excluding hydrogens is 392 g/mol. The number of amides is 1. The number of fused-ring (bicyclic) bond motifs is 1. The number of nitrogens with one attached hydrogen (secondary N) is 2. The number of hydrogen-bond donors (Lipinski definition) is 5. The van der Waals surface area contributed by atoms with Gasteiger partial charge < -0.3 is 22.5 Å². The Morgan fingerprint density at radius 1 is 1.03 bits per heavy atom. The van der Waals surface area contributed by atoms with Gasteiger partial charge in [0.05, 0.1) is 11.4 Å². The van der Waals surface area contributed by atoms with Crippen LogP contribution in [0.5, 0.6) is 0 Å². The van der Waals surface area contributed by atoms with Crippen LogP contribution in [-0.2, 0) is 6.42 Å². The highest BCUT2D eigenvalue weighted by Gasteiger charge is 2.18. The molecule has 0 aromatic heterocycles. The Morgan fingerprint density at radius 2 is 1.74 bits per heavy atom. The Bertz CT molecular complexity index is 1080. The molecule has 0 radical (unpaired) electrons. The quantitative estimate of drug-likeness (QED) is 0.275. The highest BCUT2D eigenvalue weighted by atomic mass is 16.1. The number of nitrogens with zero attached hydrogens (tertiary/aromatic N) is 3. The second-order valence-corrected chi connectivity index (χ2v) is 7.16. The van der Waals surface area contributed by atoms with Crippen molar-refractivity contribution in [1.82, 2.24) is 5.43 Å². The molecule has 0 atom stereocenters. The molecule has 1 aliphatic rings. The molecule has 2 aromatic carbocycles. The van der Waals surface area contributed by atoms with Crippen molar-refractivity contribution in [3.8, 4) is 0 Å². The minimum absolute atomic E-state index is 0.0794. The molecule has 9 heteroatoms. The third kappa shape index (κ3) is 5.69. The van der Waals surface area contributed by atoms with Gasteiger partial charge in [-0.15, -0.1) is 5.10 Å². The molecule has 0 bridgehead atoms. The van der Waals surface area contributed by atoms with Crippen LogP contribution in [0.3, 0.4) is 0 Å². The lowest BCUT2D eigenvalue weighted by Gasteiger charge is -2.18. The average molecular weight is 419 g/mol. The van der Waals surface area contributed by atoms with Gasteiger partial charge in [0.25, 0.3) is 5.91 Å². The van der Waals surface area contributed by atoms with Gasteiger partial charge in [0.2, 0.25) is 5.96 Å². The minimum atomic E-state index is -0.185. The molecule has 31 heavy (non-hydrogen) atoms. The molecule has 160 valence electrons. The first-order valence-corrected chi connectivity index (χ1v) is 9.78. The van der Waals surface area contributed by atoms with E-state index in [4.69, 9.17) is 17.2 Å². The fourth-order valence-corrected chi connectivity index (χ4v) is 3.24. The third-order valence-electron chi connectivity index (χ3n) is 4.75. The molecule has 8 N–H and O–H groups in total. The number of anilines is 1. The molecular formula is C22H26N8O. The molecule has 1 amide bonds. The van der Waals surface area contributed by atoms with Crippen LogP contribution in [0.2, 0.25) is 0 Å². The fraction of sp³-hybridized carbons (Fsp3) is 0.182. The lowest BCUT2D eigenvalue weighted by molar-refractivity contribution is 0.102. The molecule has 0 saturated heterocycles. The minimum Gasteiger partial charge on any atom is -0.385 e. The summed E-state index contributed by atoms with van der Waals surface area (Å²) in [5.41, 5.74) is 24.6. The van der Waals surface area contributed by atoms with Gasteiger partial charge in [-0.1, -0.05) is 24.8 Å². The van der Waals surface area contributed by atoms with Crippen molar-refractivity contribution < 1.29 is 4.79 Å². The molecule has 1 aliphatic carbocycles. The summed E-state index contributed by atoms with van der Waals surface area (Å²) in [7, 11) is 0. The van der Waals surface area contributed by atoms with Gasteiger partial charge in [0.15, 0.2) is 0 Å². The predicted molar refractivity (Wildman–Crippen MR) is 125 cm³/mol. The normalized spacial score (nSPS) is 14.5. The zero-order chi connectivity index (χ0) is 22.4. The van der Waals surface area contributed by atoms with E-state index in [0.717, 1.165) is 47.4 Å². The van der Waals surface area contributed by atoms with Crippen LogP contribution in [0.15, 0.2) is 70.2 Å². The van der Waals surface area contributed by atoms with E-state index in [1.807, 2.05) is 43.3 Å². The summed E-state index contributed by atoms with van der Waals surface area (Å²) >= 11 is 0. The standard InChI is InChI=1S/C22H26N8O/c1-13(27-28-14(2)23)15-6-9-18(10-7-15)26-21(31)17-8-11-19-16(12-17)4-3-5-20(19)29-30-22(24)25/h6-12,28H,2-5,23H2,1H3,(H,26,31)(H4,24,25,30)/b27-13-,29-20-. The van der Waals surface area contributed by atoms with E-state index in [1.54, 1.807) is 6.07 Å². The number of benzene rings is 2. The van der Waals surface area contributed by atoms with E-state index in [0.29, 0.717) is 11.3 Å². The van der Waals surface area contributed by atoms with Crippen LogP contribution in [0.25, 0.3) is 0 Å². The number of guanidine groups is 1. The van der Waals surface area contributed by atoms with Crippen LogP contribution >= 0.6 is 0 Å². The van der Waals surface area contributed by atoms with Crippen molar-refractivity contribution in [3.05, 3.63) is 77.1 Å². The molecule has 0 heterocycles. The van der Waals surface area contributed by atoms with Crippen molar-refractivity contribution in [1.29, 1.82) is 0 Å². The van der Waals surface area contributed by atoms with E-state index in [-0.39, 0.29) is 17.7 Å². The first-order valence-electron chi connectivity index (χ1n) is 9.78. The van der Waals surface area contributed by atoms with Gasteiger partial charge in [-0.05, 0) is 61.6 Å². The number of nitrogens with two attached hydrogens (primary N) is 3. The SMILES string of the molecule is C=C(N)N/N=C(/C)c1ccc(NC(=O)c2ccc3c(c2)CCC/C3=N/N=C(N)N)cc1. The van der Waals surface area contributed by atoms with Crippen LogP contribution < -0.4 is 27.9 Å². The van der Waals surface area contributed by atoms with Crippen molar-refractivity contribution in [2.24, 2.45) is 32.5 Å². The summed E-state index contributed by atoms with van der Waals surface area (Å²) in [4.78, 5) is 12.7. The molecule has 0 spiro atoms. The highest BCUT2D eigenvalue weighted by Crippen LogP contribution is 2.24. The van der Waals surface area contributed by atoms with Gasteiger partial charge >= 0.3 is 0 Å². The van der Waals surface area contributed by atoms with Gasteiger partial charge in [-0.3, -0.25) is 10.2 Å². The van der Waals surface area contributed by atoms with E-state index >= 15 is 0 Å². The first-order chi connectivity index (χ1) is 14.8. The smallest absolute Gasteiger partial charge is 0.255 e. The van der Waals surface area contributed by atoms with Crippen LogP contribution in [0.1, 0.15) is 46.8 Å². The summed E-state index contributed by atoms with van der Waals surface area (Å²) in [5.74, 6) is 0.00226. The average Bonchev–Trinajstić information content (AvgIpc) is 2.76. The molecule has 0 aliphatic heterocycles. The lowest BCUT2D eigenvalue weighted by Crippen LogP contribution is -2.22. The van der Waals surface area contributed by atoms with Crippen LogP contribution in [0, 0.1) is 0 Å². The van der Waals surface area contributed by atoms with Crippen molar-refractivity contribution in [3.63, 3.8) is 0 Å². The fourth-order valence-electron chi connectivity index (χ4n) is 3.24. The maximum absolute atomic E-state index is 12.7. The number of hydrazone groups is 1.